The van der Waals surface area contributed by atoms with Gasteiger partial charge in [-0.3, -0.25) is 9.78 Å². The molecular formula is C7H5F4NOS. The molecule has 0 radical (unpaired) electrons. The maximum atomic E-state index is 12.4. The van der Waals surface area contributed by atoms with E-state index in [9.17, 15) is 22.4 Å². The summed E-state index contributed by atoms with van der Waals surface area (Å²) in [6.45, 7) is 0. The lowest BCUT2D eigenvalue weighted by Crippen LogP contribution is -2.37. The van der Waals surface area contributed by atoms with Crippen molar-refractivity contribution in [1.29, 1.82) is 0 Å². The smallest absolute Gasteiger partial charge is 0.292 e. The molecular weight excluding hydrogens is 222 g/mol. The second-order valence-electron chi connectivity index (χ2n) is 2.49. The Bertz CT molecular complexity index is 311. The molecule has 1 aromatic rings. The van der Waals surface area contributed by atoms with Crippen molar-refractivity contribution in [2.24, 2.45) is 0 Å². The van der Waals surface area contributed by atoms with Crippen molar-refractivity contribution in [3.63, 3.8) is 0 Å². The third-order valence-corrected chi connectivity index (χ3v) is 2.24. The number of hydrogen-bond acceptors (Lipinski definition) is 3. The van der Waals surface area contributed by atoms with Crippen LogP contribution in [-0.4, -0.2) is 23.1 Å². The highest BCUT2D eigenvalue weighted by molar-refractivity contribution is 7.09. The summed E-state index contributed by atoms with van der Waals surface area (Å²) in [5, 5.41) is 0. The van der Waals surface area contributed by atoms with Gasteiger partial charge in [0.25, 0.3) is 0 Å². The fourth-order valence-corrected chi connectivity index (χ4v) is 1.32. The lowest BCUT2D eigenvalue weighted by molar-refractivity contribution is -0.166. The van der Waals surface area contributed by atoms with E-state index in [0.717, 1.165) is 11.3 Å². The van der Waals surface area contributed by atoms with E-state index in [1.54, 1.807) is 0 Å². The Morgan fingerprint density at radius 1 is 1.57 bits per heavy atom. The Kier molecular flexibility index (Phi) is 3.20. The minimum Gasteiger partial charge on any atom is -0.292 e. The van der Waals surface area contributed by atoms with E-state index < -0.39 is 24.6 Å². The number of hydrogen-bond donors (Lipinski definition) is 0. The minimum absolute atomic E-state index is 0.246. The predicted molar refractivity (Wildman–Crippen MR) is 41.8 cm³/mol. The highest BCUT2D eigenvalue weighted by Gasteiger charge is 2.48. The van der Waals surface area contributed by atoms with E-state index in [2.05, 4.69) is 4.98 Å². The fourth-order valence-electron chi connectivity index (χ4n) is 0.727. The van der Waals surface area contributed by atoms with Crippen LogP contribution in [0.2, 0.25) is 0 Å². The summed E-state index contributed by atoms with van der Waals surface area (Å²) >= 11 is 0.969. The Morgan fingerprint density at radius 2 is 2.21 bits per heavy atom. The Labute approximate surface area is 80.6 Å². The molecule has 0 spiro atoms. The van der Waals surface area contributed by atoms with E-state index in [1.165, 1.54) is 11.7 Å². The van der Waals surface area contributed by atoms with Gasteiger partial charge in [0, 0.05) is 17.5 Å². The number of alkyl halides is 4. The molecule has 1 rings (SSSR count). The maximum absolute atomic E-state index is 12.4. The predicted octanol–water partition coefficient (Wildman–Crippen LogP) is 2.16. The van der Waals surface area contributed by atoms with Gasteiger partial charge in [0.1, 0.15) is 0 Å². The lowest BCUT2D eigenvalue weighted by atomic mass is 10.1. The summed E-state index contributed by atoms with van der Waals surface area (Å²) in [4.78, 5) is 14.5. The van der Waals surface area contributed by atoms with Crippen LogP contribution in [0.4, 0.5) is 17.6 Å². The molecule has 0 saturated heterocycles. The molecule has 1 aromatic heterocycles. The first-order chi connectivity index (χ1) is 6.44. The zero-order valence-electron chi connectivity index (χ0n) is 6.71. The van der Waals surface area contributed by atoms with Gasteiger partial charge >= 0.3 is 12.3 Å². The van der Waals surface area contributed by atoms with Crippen molar-refractivity contribution in [1.82, 2.24) is 4.98 Å². The van der Waals surface area contributed by atoms with Gasteiger partial charge in [-0.2, -0.15) is 8.78 Å². The summed E-state index contributed by atoms with van der Waals surface area (Å²) in [7, 11) is 0. The molecule has 0 bridgehead atoms. The molecule has 0 fully saturated rings. The molecule has 0 amide bonds. The number of rotatable bonds is 4. The molecule has 1 heterocycles. The van der Waals surface area contributed by atoms with Crippen molar-refractivity contribution in [2.75, 3.05) is 0 Å². The molecule has 0 unspecified atom stereocenters. The molecule has 14 heavy (non-hydrogen) atoms. The average Bonchev–Trinajstić information content (AvgIpc) is 2.56. The van der Waals surface area contributed by atoms with Crippen LogP contribution in [0.15, 0.2) is 11.7 Å². The fraction of sp³-hybridized carbons (Fsp3) is 0.429. The summed E-state index contributed by atoms with van der Waals surface area (Å²) in [6, 6.07) is 0. The van der Waals surface area contributed by atoms with E-state index in [0.29, 0.717) is 0 Å². The quantitative estimate of drug-likeness (QED) is 0.738. The third kappa shape index (κ3) is 2.28. The largest absolute Gasteiger partial charge is 0.364 e. The second-order valence-corrected chi connectivity index (χ2v) is 3.46. The van der Waals surface area contributed by atoms with Crippen molar-refractivity contribution in [2.45, 2.75) is 18.8 Å². The van der Waals surface area contributed by atoms with E-state index in [-0.39, 0.29) is 4.88 Å². The number of aromatic nitrogens is 1. The van der Waals surface area contributed by atoms with Gasteiger partial charge in [0.05, 0.1) is 5.51 Å². The average molecular weight is 227 g/mol. The first-order valence-corrected chi connectivity index (χ1v) is 4.39. The zero-order chi connectivity index (χ0) is 10.8. The highest BCUT2D eigenvalue weighted by Crippen LogP contribution is 2.25. The number of halogens is 4. The Morgan fingerprint density at radius 3 is 2.64 bits per heavy atom. The van der Waals surface area contributed by atoms with Crippen LogP contribution in [0.5, 0.6) is 0 Å². The highest BCUT2D eigenvalue weighted by atomic mass is 32.1. The van der Waals surface area contributed by atoms with Crippen LogP contribution < -0.4 is 0 Å². The van der Waals surface area contributed by atoms with Gasteiger partial charge < -0.3 is 0 Å². The third-order valence-electron chi connectivity index (χ3n) is 1.46. The van der Waals surface area contributed by atoms with Crippen LogP contribution in [0.3, 0.4) is 0 Å². The van der Waals surface area contributed by atoms with Gasteiger partial charge in [0.2, 0.25) is 5.78 Å². The lowest BCUT2D eigenvalue weighted by Gasteiger charge is -2.12. The number of nitrogens with zero attached hydrogens (tertiary/aromatic N) is 1. The molecule has 0 aliphatic rings. The number of ketones is 1. The molecule has 0 aliphatic carbocycles. The molecule has 0 aliphatic heterocycles. The SMILES string of the molecule is O=C(Cc1cncs1)C(F)(F)C(F)F. The van der Waals surface area contributed by atoms with Gasteiger partial charge in [-0.05, 0) is 0 Å². The van der Waals surface area contributed by atoms with Gasteiger partial charge in [0.15, 0.2) is 0 Å². The Hall–Kier alpha value is -0.980. The van der Waals surface area contributed by atoms with E-state index in [4.69, 9.17) is 0 Å². The van der Waals surface area contributed by atoms with Crippen molar-refractivity contribution in [3.05, 3.63) is 16.6 Å². The topological polar surface area (TPSA) is 30.0 Å². The van der Waals surface area contributed by atoms with E-state index >= 15 is 0 Å². The molecule has 0 N–H and O–H groups in total. The summed E-state index contributed by atoms with van der Waals surface area (Å²) in [5.74, 6) is -6.35. The summed E-state index contributed by atoms with van der Waals surface area (Å²) in [6.07, 6.45) is -3.46. The number of carbonyl (C=O) groups is 1. The van der Waals surface area contributed by atoms with Crippen molar-refractivity contribution < 1.29 is 22.4 Å². The number of thiazole rings is 1. The number of Topliss-reactive ketones (excluding diaryl/α,β-unsaturated/α-hetero) is 1. The van der Waals surface area contributed by atoms with Gasteiger partial charge in [-0.15, -0.1) is 11.3 Å². The van der Waals surface area contributed by atoms with Crippen LogP contribution >= 0.6 is 11.3 Å². The molecule has 0 atom stereocenters. The maximum Gasteiger partial charge on any atom is 0.364 e. The molecule has 7 heteroatoms. The standard InChI is InChI=1S/C7H5F4NOS/c8-6(9)7(10,11)5(13)1-4-2-12-3-14-4/h2-3,6H,1H2. The molecule has 0 aromatic carbocycles. The van der Waals surface area contributed by atoms with Crippen LogP contribution in [0, 0.1) is 0 Å². The van der Waals surface area contributed by atoms with Crippen molar-refractivity contribution >= 4 is 17.1 Å². The normalized spacial score (nSPS) is 12.1. The Balaban J connectivity index is 2.67. The minimum atomic E-state index is -4.57. The summed E-state index contributed by atoms with van der Waals surface area (Å²) < 4.78 is 48.3. The van der Waals surface area contributed by atoms with Crippen LogP contribution in [0.25, 0.3) is 0 Å². The van der Waals surface area contributed by atoms with Crippen molar-refractivity contribution in [3.8, 4) is 0 Å². The van der Waals surface area contributed by atoms with Gasteiger partial charge in [-0.25, -0.2) is 8.78 Å². The molecule has 78 valence electrons. The molecule has 0 saturated carbocycles. The molecule has 2 nitrogen and oxygen atoms in total. The summed E-state index contributed by atoms with van der Waals surface area (Å²) in [5.41, 5.74) is 1.34. The first-order valence-electron chi connectivity index (χ1n) is 3.51. The van der Waals surface area contributed by atoms with E-state index in [1.807, 2.05) is 0 Å². The second kappa shape index (κ2) is 4.04. The van der Waals surface area contributed by atoms with Crippen LogP contribution in [0.1, 0.15) is 4.88 Å². The zero-order valence-corrected chi connectivity index (χ0v) is 7.53. The number of carbonyl (C=O) groups excluding carboxylic acids is 1. The monoisotopic (exact) mass is 227 g/mol. The first kappa shape index (κ1) is 11.1. The van der Waals surface area contributed by atoms with Crippen LogP contribution in [-0.2, 0) is 11.2 Å². The van der Waals surface area contributed by atoms with Gasteiger partial charge in [-0.1, -0.05) is 0 Å².